The van der Waals surface area contributed by atoms with Crippen LogP contribution in [0.15, 0.2) is 4.99 Å². The lowest BCUT2D eigenvalue weighted by Gasteiger charge is -2.33. The number of guanidine groups is 1. The van der Waals surface area contributed by atoms with Gasteiger partial charge in [-0.25, -0.2) is 5.84 Å². The number of ether oxygens (including phenoxy) is 1. The monoisotopic (exact) mass is 200 g/mol. The fourth-order valence-electron chi connectivity index (χ4n) is 1.84. The molecule has 1 aliphatic rings. The molecule has 1 heterocycles. The fourth-order valence-corrected chi connectivity index (χ4v) is 1.84. The van der Waals surface area contributed by atoms with Crippen molar-refractivity contribution < 1.29 is 4.74 Å². The second-order valence-corrected chi connectivity index (χ2v) is 3.58. The molecule has 0 bridgehead atoms. The molecule has 0 aromatic rings. The van der Waals surface area contributed by atoms with Crippen molar-refractivity contribution in [3.05, 3.63) is 0 Å². The Morgan fingerprint density at radius 1 is 1.57 bits per heavy atom. The molecule has 0 aromatic carbocycles. The van der Waals surface area contributed by atoms with Crippen LogP contribution in [0.3, 0.4) is 0 Å². The number of nitrogens with one attached hydrogen (secondary N) is 1. The summed E-state index contributed by atoms with van der Waals surface area (Å²) >= 11 is 0. The van der Waals surface area contributed by atoms with Crippen LogP contribution < -0.4 is 11.3 Å². The van der Waals surface area contributed by atoms with Crippen LogP contribution in [-0.2, 0) is 4.74 Å². The molecule has 1 aliphatic heterocycles. The summed E-state index contributed by atoms with van der Waals surface area (Å²) in [5.41, 5.74) is 2.61. The van der Waals surface area contributed by atoms with Crippen LogP contribution >= 0.6 is 0 Å². The third-order valence-electron chi connectivity index (χ3n) is 2.66. The largest absolute Gasteiger partial charge is 0.384 e. The van der Waals surface area contributed by atoms with E-state index in [4.69, 9.17) is 10.6 Å². The van der Waals surface area contributed by atoms with E-state index < -0.39 is 0 Å². The van der Waals surface area contributed by atoms with Gasteiger partial charge in [-0.2, -0.15) is 0 Å². The number of nitrogens with zero attached hydrogens (tertiary/aromatic N) is 2. The van der Waals surface area contributed by atoms with Gasteiger partial charge in [-0.3, -0.25) is 10.4 Å². The predicted molar refractivity (Wildman–Crippen MR) is 56.9 cm³/mol. The van der Waals surface area contributed by atoms with Crippen LogP contribution in [0.1, 0.15) is 12.8 Å². The van der Waals surface area contributed by atoms with Crippen molar-refractivity contribution in [2.75, 3.05) is 33.9 Å². The van der Waals surface area contributed by atoms with E-state index in [0.717, 1.165) is 38.5 Å². The summed E-state index contributed by atoms with van der Waals surface area (Å²) in [5, 5.41) is 0. The molecule has 3 N–H and O–H groups in total. The van der Waals surface area contributed by atoms with Gasteiger partial charge in [0.25, 0.3) is 0 Å². The van der Waals surface area contributed by atoms with Crippen molar-refractivity contribution >= 4 is 5.96 Å². The first-order valence-corrected chi connectivity index (χ1v) is 4.99. The molecule has 1 rings (SSSR count). The van der Waals surface area contributed by atoms with E-state index in [1.807, 2.05) is 0 Å². The number of rotatable bonds is 2. The Bertz CT molecular complexity index is 187. The number of hydrogen-bond acceptors (Lipinski definition) is 3. The minimum atomic E-state index is 0.687. The van der Waals surface area contributed by atoms with Gasteiger partial charge < -0.3 is 9.64 Å². The van der Waals surface area contributed by atoms with Crippen molar-refractivity contribution in [3.63, 3.8) is 0 Å². The second kappa shape index (κ2) is 5.82. The molecule has 5 nitrogen and oxygen atoms in total. The minimum absolute atomic E-state index is 0.687. The van der Waals surface area contributed by atoms with Crippen LogP contribution in [0.4, 0.5) is 0 Å². The first kappa shape index (κ1) is 11.3. The molecule has 5 heteroatoms. The van der Waals surface area contributed by atoms with Gasteiger partial charge in [0.1, 0.15) is 0 Å². The summed E-state index contributed by atoms with van der Waals surface area (Å²) in [6.45, 7) is 2.87. The number of nitrogens with two attached hydrogens (primary N) is 1. The van der Waals surface area contributed by atoms with Gasteiger partial charge in [-0.05, 0) is 18.8 Å². The molecule has 0 radical (unpaired) electrons. The molecule has 82 valence electrons. The molecule has 0 atom stereocenters. The zero-order valence-electron chi connectivity index (χ0n) is 8.99. The molecule has 0 spiro atoms. The van der Waals surface area contributed by atoms with Crippen molar-refractivity contribution in [1.29, 1.82) is 0 Å². The number of hydrazine groups is 1. The highest BCUT2D eigenvalue weighted by Crippen LogP contribution is 2.16. The Kier molecular flexibility index (Phi) is 4.69. The topological polar surface area (TPSA) is 62.9 Å². The zero-order chi connectivity index (χ0) is 10.4. The molecular weight excluding hydrogens is 180 g/mol. The number of aliphatic imine (C=N–C) groups is 1. The van der Waals surface area contributed by atoms with Crippen LogP contribution in [0.5, 0.6) is 0 Å². The third-order valence-corrected chi connectivity index (χ3v) is 2.66. The average molecular weight is 200 g/mol. The van der Waals surface area contributed by atoms with Gasteiger partial charge in [0.2, 0.25) is 5.96 Å². The Morgan fingerprint density at radius 2 is 2.21 bits per heavy atom. The van der Waals surface area contributed by atoms with Crippen molar-refractivity contribution in [2.24, 2.45) is 16.8 Å². The predicted octanol–water partition coefficient (Wildman–Crippen LogP) is -0.206. The standard InChI is InChI=1S/C9H20N4O/c1-11-9(12-10)13-5-3-8(4-6-13)7-14-2/h8H,3-7,10H2,1-2H3,(H,11,12). The second-order valence-electron chi connectivity index (χ2n) is 3.58. The highest BCUT2D eigenvalue weighted by Gasteiger charge is 2.20. The average Bonchev–Trinajstić information content (AvgIpc) is 2.23. The summed E-state index contributed by atoms with van der Waals surface area (Å²) in [5.74, 6) is 6.83. The number of likely N-dealkylation sites (tertiary alicyclic amines) is 1. The molecule has 0 aromatic heterocycles. The van der Waals surface area contributed by atoms with Crippen molar-refractivity contribution in [3.8, 4) is 0 Å². The van der Waals surface area contributed by atoms with Gasteiger partial charge in [0.05, 0.1) is 0 Å². The van der Waals surface area contributed by atoms with Gasteiger partial charge in [0.15, 0.2) is 0 Å². The highest BCUT2D eigenvalue weighted by molar-refractivity contribution is 5.79. The summed E-state index contributed by atoms with van der Waals surface area (Å²) in [4.78, 5) is 6.25. The van der Waals surface area contributed by atoms with Crippen molar-refractivity contribution in [1.82, 2.24) is 10.3 Å². The molecule has 0 amide bonds. The number of methoxy groups -OCH3 is 1. The molecule has 14 heavy (non-hydrogen) atoms. The molecule has 1 saturated heterocycles. The van der Waals surface area contributed by atoms with Gasteiger partial charge in [-0.15, -0.1) is 0 Å². The number of hydrogen-bond donors (Lipinski definition) is 2. The molecule has 1 fully saturated rings. The smallest absolute Gasteiger partial charge is 0.208 e. The van der Waals surface area contributed by atoms with E-state index in [1.165, 1.54) is 0 Å². The van der Waals surface area contributed by atoms with Gasteiger partial charge >= 0.3 is 0 Å². The number of piperidine rings is 1. The maximum atomic E-state index is 5.36. The molecule has 0 aliphatic carbocycles. The Labute approximate surface area is 85.3 Å². The van der Waals surface area contributed by atoms with E-state index >= 15 is 0 Å². The Morgan fingerprint density at radius 3 is 2.64 bits per heavy atom. The maximum absolute atomic E-state index is 5.36. The van der Waals surface area contributed by atoms with Crippen molar-refractivity contribution in [2.45, 2.75) is 12.8 Å². The first-order valence-electron chi connectivity index (χ1n) is 4.99. The van der Waals surface area contributed by atoms with E-state index in [-0.39, 0.29) is 0 Å². The lowest BCUT2D eigenvalue weighted by atomic mass is 9.98. The van der Waals surface area contributed by atoms with Gasteiger partial charge in [0, 0.05) is 33.9 Å². The summed E-state index contributed by atoms with van der Waals surface area (Å²) in [7, 11) is 3.50. The van der Waals surface area contributed by atoms with Crippen LogP contribution in [0.25, 0.3) is 0 Å². The maximum Gasteiger partial charge on any atom is 0.208 e. The van der Waals surface area contributed by atoms with E-state index in [0.29, 0.717) is 5.92 Å². The van der Waals surface area contributed by atoms with E-state index in [2.05, 4.69) is 15.3 Å². The first-order chi connectivity index (χ1) is 6.81. The van der Waals surface area contributed by atoms with E-state index in [1.54, 1.807) is 14.2 Å². The summed E-state index contributed by atoms with van der Waals surface area (Å²) < 4.78 is 5.14. The Balaban J connectivity index is 2.35. The van der Waals surface area contributed by atoms with Crippen LogP contribution in [0, 0.1) is 5.92 Å². The van der Waals surface area contributed by atoms with Gasteiger partial charge in [-0.1, -0.05) is 0 Å². The van der Waals surface area contributed by atoms with Crippen LogP contribution in [0.2, 0.25) is 0 Å². The van der Waals surface area contributed by atoms with E-state index in [9.17, 15) is 0 Å². The zero-order valence-corrected chi connectivity index (χ0v) is 8.99. The summed E-state index contributed by atoms with van der Waals surface area (Å²) in [6, 6.07) is 0. The van der Waals surface area contributed by atoms with Crippen LogP contribution in [-0.4, -0.2) is 44.7 Å². The quantitative estimate of drug-likeness (QED) is 0.280. The lowest BCUT2D eigenvalue weighted by molar-refractivity contribution is 0.118. The molecule has 0 unspecified atom stereocenters. The molecule has 0 saturated carbocycles. The SMILES string of the molecule is CN=C(NN)N1CCC(COC)CC1. The fraction of sp³-hybridized carbons (Fsp3) is 0.889. The third kappa shape index (κ3) is 2.85. The summed E-state index contributed by atoms with van der Waals surface area (Å²) in [6.07, 6.45) is 2.29. The lowest BCUT2D eigenvalue weighted by Crippen LogP contribution is -2.48. The highest BCUT2D eigenvalue weighted by atomic mass is 16.5. The normalized spacial score (nSPS) is 19.9. The Hall–Kier alpha value is -0.810. The molecular formula is C9H20N4O. The minimum Gasteiger partial charge on any atom is -0.384 e.